The Kier molecular flexibility index (Phi) is 5.06. The monoisotopic (exact) mass is 377 g/mol. The van der Waals surface area contributed by atoms with Gasteiger partial charge in [0.15, 0.2) is 11.5 Å². The third-order valence-electron chi connectivity index (χ3n) is 3.76. The van der Waals surface area contributed by atoms with Gasteiger partial charge in [0.2, 0.25) is 0 Å². The highest BCUT2D eigenvalue weighted by molar-refractivity contribution is 7.99. The lowest BCUT2D eigenvalue weighted by Crippen LogP contribution is -2.07. The molecule has 0 unspecified atom stereocenters. The lowest BCUT2D eigenvalue weighted by Gasteiger charge is -2.05. The van der Waals surface area contributed by atoms with Gasteiger partial charge in [0, 0.05) is 18.0 Å². The average molecular weight is 377 g/mol. The summed E-state index contributed by atoms with van der Waals surface area (Å²) in [7, 11) is 0. The topological polar surface area (TPSA) is 82.3 Å². The summed E-state index contributed by atoms with van der Waals surface area (Å²) in [5.41, 5.74) is 2.47. The molecular weight excluding hydrogens is 362 g/mol. The highest BCUT2D eigenvalue weighted by Gasteiger charge is 2.11. The second kappa shape index (κ2) is 7.96. The van der Waals surface area contributed by atoms with Crippen LogP contribution in [0, 0.1) is 0 Å². The average Bonchev–Trinajstić information content (AvgIpc) is 3.15. The first-order valence-electron chi connectivity index (χ1n) is 8.25. The summed E-state index contributed by atoms with van der Waals surface area (Å²) in [5.74, 6) is 0.517. The summed E-state index contributed by atoms with van der Waals surface area (Å²) < 4.78 is 6.95. The number of hydrogen-bond acceptors (Lipinski definition) is 7. The van der Waals surface area contributed by atoms with Crippen molar-refractivity contribution < 1.29 is 9.53 Å². The predicted molar refractivity (Wildman–Crippen MR) is 101 cm³/mol. The Morgan fingerprint density at radius 1 is 1.00 bits per heavy atom. The van der Waals surface area contributed by atoms with Gasteiger partial charge in [-0.2, -0.15) is 9.61 Å². The van der Waals surface area contributed by atoms with E-state index >= 15 is 0 Å². The molecule has 0 radical (unpaired) electrons. The van der Waals surface area contributed by atoms with E-state index < -0.39 is 0 Å². The minimum absolute atomic E-state index is 0.179. The number of pyridine rings is 1. The summed E-state index contributed by atoms with van der Waals surface area (Å²) in [6, 6.07) is 16.9. The Labute approximate surface area is 159 Å². The third-order valence-corrected chi connectivity index (χ3v) is 4.65. The maximum atomic E-state index is 12.0. The van der Waals surface area contributed by atoms with Crippen LogP contribution in [0.2, 0.25) is 0 Å². The molecule has 0 saturated heterocycles. The normalized spacial score (nSPS) is 10.8. The number of benzene rings is 1. The molecule has 0 aliphatic rings. The largest absolute Gasteiger partial charge is 0.460 e. The first kappa shape index (κ1) is 17.2. The molecular formula is C19H15N5O2S. The number of carbonyl (C=O) groups excluding carboxylic acids is 1. The summed E-state index contributed by atoms with van der Waals surface area (Å²) >= 11 is 1.31. The lowest BCUT2D eigenvalue weighted by atomic mass is 10.2. The highest BCUT2D eigenvalue weighted by Crippen LogP contribution is 2.20. The van der Waals surface area contributed by atoms with Crippen molar-refractivity contribution in [2.45, 2.75) is 11.6 Å². The van der Waals surface area contributed by atoms with E-state index in [1.807, 2.05) is 54.6 Å². The minimum Gasteiger partial charge on any atom is -0.460 e. The van der Waals surface area contributed by atoms with Crippen molar-refractivity contribution >= 4 is 23.4 Å². The number of carbonyl (C=O) groups is 1. The van der Waals surface area contributed by atoms with Gasteiger partial charge in [-0.1, -0.05) is 42.1 Å². The number of hydrogen-bond donors (Lipinski definition) is 0. The van der Waals surface area contributed by atoms with Gasteiger partial charge in [-0.15, -0.1) is 10.2 Å². The Bertz CT molecular complexity index is 1050. The molecule has 0 bridgehead atoms. The van der Waals surface area contributed by atoms with Crippen molar-refractivity contribution in [2.75, 3.05) is 5.75 Å². The molecule has 8 heteroatoms. The number of thioether (sulfide) groups is 1. The zero-order valence-electron chi connectivity index (χ0n) is 14.2. The molecule has 3 aromatic heterocycles. The van der Waals surface area contributed by atoms with Crippen molar-refractivity contribution in [3.05, 3.63) is 72.6 Å². The first-order valence-corrected chi connectivity index (χ1v) is 9.23. The van der Waals surface area contributed by atoms with Crippen LogP contribution in [0.5, 0.6) is 0 Å². The molecule has 3 heterocycles. The molecule has 134 valence electrons. The van der Waals surface area contributed by atoms with E-state index in [9.17, 15) is 4.79 Å². The fourth-order valence-electron chi connectivity index (χ4n) is 2.44. The van der Waals surface area contributed by atoms with Crippen molar-refractivity contribution in [3.8, 4) is 11.4 Å². The fraction of sp³-hybridized carbons (Fsp3) is 0.105. The van der Waals surface area contributed by atoms with Crippen molar-refractivity contribution in [1.29, 1.82) is 0 Å². The number of nitrogens with zero attached hydrogens (tertiary/aromatic N) is 5. The van der Waals surface area contributed by atoms with Gasteiger partial charge in [-0.25, -0.2) is 0 Å². The van der Waals surface area contributed by atoms with Crippen molar-refractivity contribution in [1.82, 2.24) is 24.8 Å². The Morgan fingerprint density at radius 3 is 2.63 bits per heavy atom. The molecule has 1 aromatic carbocycles. The van der Waals surface area contributed by atoms with E-state index in [0.717, 1.165) is 11.1 Å². The predicted octanol–water partition coefficient (Wildman–Crippen LogP) is 3.02. The first-order chi connectivity index (χ1) is 13.3. The van der Waals surface area contributed by atoms with Crippen LogP contribution in [0.15, 0.2) is 72.0 Å². The smallest absolute Gasteiger partial charge is 0.316 e. The molecule has 0 saturated carbocycles. The lowest BCUT2D eigenvalue weighted by molar-refractivity contribution is -0.141. The van der Waals surface area contributed by atoms with E-state index in [0.29, 0.717) is 16.5 Å². The van der Waals surface area contributed by atoms with Crippen LogP contribution in [0.1, 0.15) is 5.56 Å². The van der Waals surface area contributed by atoms with E-state index in [1.165, 1.54) is 11.8 Å². The van der Waals surface area contributed by atoms with Crippen LogP contribution in [0.3, 0.4) is 0 Å². The van der Waals surface area contributed by atoms with Crippen LogP contribution >= 0.6 is 11.8 Å². The number of ether oxygens (including phenoxy) is 1. The maximum absolute atomic E-state index is 12.0. The Hall–Kier alpha value is -3.26. The SMILES string of the molecule is O=C(CSc1ccc2nnc(-c3ccncc3)n2n1)OCc1ccccc1. The Balaban J connectivity index is 1.42. The van der Waals surface area contributed by atoms with Crippen molar-refractivity contribution in [3.63, 3.8) is 0 Å². The van der Waals surface area contributed by atoms with E-state index in [-0.39, 0.29) is 18.3 Å². The van der Waals surface area contributed by atoms with Gasteiger partial charge < -0.3 is 4.74 Å². The van der Waals surface area contributed by atoms with E-state index in [4.69, 9.17) is 4.74 Å². The second-order valence-electron chi connectivity index (χ2n) is 5.64. The quantitative estimate of drug-likeness (QED) is 0.377. The van der Waals surface area contributed by atoms with Gasteiger partial charge in [0.25, 0.3) is 0 Å². The van der Waals surface area contributed by atoms with Crippen LogP contribution in [0.25, 0.3) is 17.0 Å². The Morgan fingerprint density at radius 2 is 1.81 bits per heavy atom. The molecule has 27 heavy (non-hydrogen) atoms. The van der Waals surface area contributed by atoms with Crippen LogP contribution in [-0.2, 0) is 16.1 Å². The molecule has 4 rings (SSSR count). The zero-order chi connectivity index (χ0) is 18.5. The second-order valence-corrected chi connectivity index (χ2v) is 6.63. The molecule has 0 atom stereocenters. The fourth-order valence-corrected chi connectivity index (χ4v) is 3.10. The number of esters is 1. The molecule has 0 spiro atoms. The van der Waals surface area contributed by atoms with Crippen molar-refractivity contribution in [2.24, 2.45) is 0 Å². The maximum Gasteiger partial charge on any atom is 0.316 e. The summed E-state index contributed by atoms with van der Waals surface area (Å²) in [5, 5.41) is 13.5. The zero-order valence-corrected chi connectivity index (χ0v) is 15.0. The van der Waals surface area contributed by atoms with Gasteiger partial charge >= 0.3 is 5.97 Å². The highest BCUT2D eigenvalue weighted by atomic mass is 32.2. The van der Waals surface area contributed by atoms with Gasteiger partial charge in [-0.3, -0.25) is 9.78 Å². The van der Waals surface area contributed by atoms with Gasteiger partial charge in [-0.05, 0) is 29.8 Å². The molecule has 0 amide bonds. The van der Waals surface area contributed by atoms with Gasteiger partial charge in [0.1, 0.15) is 11.6 Å². The van der Waals surface area contributed by atoms with Crippen LogP contribution in [-0.4, -0.2) is 36.5 Å². The molecule has 0 aliphatic carbocycles. The van der Waals surface area contributed by atoms with Crippen LogP contribution < -0.4 is 0 Å². The minimum atomic E-state index is -0.288. The number of aromatic nitrogens is 5. The molecule has 4 aromatic rings. The molecule has 7 nitrogen and oxygen atoms in total. The summed E-state index contributed by atoms with van der Waals surface area (Å²) in [4.78, 5) is 16.0. The number of rotatable bonds is 6. The third kappa shape index (κ3) is 4.12. The van der Waals surface area contributed by atoms with E-state index in [2.05, 4.69) is 20.3 Å². The summed E-state index contributed by atoms with van der Waals surface area (Å²) in [6.45, 7) is 0.268. The van der Waals surface area contributed by atoms with E-state index in [1.54, 1.807) is 16.9 Å². The van der Waals surface area contributed by atoms with Gasteiger partial charge in [0.05, 0.1) is 5.75 Å². The molecule has 0 N–H and O–H groups in total. The number of fused-ring (bicyclic) bond motifs is 1. The van der Waals surface area contributed by atoms with Crippen LogP contribution in [0.4, 0.5) is 0 Å². The standard InChI is InChI=1S/C19H15N5O2S/c25-18(26-12-14-4-2-1-3-5-14)13-27-17-7-6-16-21-22-19(24(16)23-17)15-8-10-20-11-9-15/h1-11H,12-13H2. The molecule has 0 fully saturated rings. The molecule has 0 aliphatic heterocycles. The summed E-state index contributed by atoms with van der Waals surface area (Å²) in [6.07, 6.45) is 3.38.